The van der Waals surface area contributed by atoms with Crippen molar-refractivity contribution in [3.05, 3.63) is 28.5 Å². The Labute approximate surface area is 157 Å². The molecule has 0 aromatic carbocycles. The Morgan fingerprint density at radius 3 is 2.38 bits per heavy atom. The van der Waals surface area contributed by atoms with Crippen LogP contribution in [0.4, 0.5) is 0 Å². The minimum atomic E-state index is -1.82. The van der Waals surface area contributed by atoms with Crippen molar-refractivity contribution >= 4 is 51.8 Å². The SMILES string of the molecule is CN1CCN(C(=O)C=Cc2c(Cl)nc3sccn23)CC1.O=C(O)C(=O)O. The number of carbonyl (C=O) groups excluding carboxylic acids is 1. The molecule has 0 spiro atoms. The molecule has 140 valence electrons. The number of nitrogens with zero attached hydrogens (tertiary/aromatic N) is 4. The molecule has 1 aliphatic rings. The smallest absolute Gasteiger partial charge is 0.414 e. The van der Waals surface area contributed by atoms with Crippen LogP contribution in [-0.4, -0.2) is 80.5 Å². The fourth-order valence-corrected chi connectivity index (χ4v) is 3.21. The van der Waals surface area contributed by atoms with Crippen LogP contribution in [0.1, 0.15) is 5.69 Å². The summed E-state index contributed by atoms with van der Waals surface area (Å²) in [5, 5.41) is 17.2. The number of hydrogen-bond acceptors (Lipinski definition) is 6. The molecule has 0 atom stereocenters. The molecule has 0 unspecified atom stereocenters. The standard InChI is InChI=1S/C13H15ClN4OS.C2H2O4/c1-16-4-6-17(7-5-16)11(19)3-2-10-12(14)15-13-18(10)8-9-20-13;3-1(4)2(5)6/h2-3,8-9H,4-7H2,1H3;(H,3,4)(H,5,6). The maximum absolute atomic E-state index is 12.1. The zero-order valence-electron chi connectivity index (χ0n) is 13.8. The van der Waals surface area contributed by atoms with E-state index in [0.29, 0.717) is 5.15 Å². The number of piperazine rings is 1. The van der Waals surface area contributed by atoms with E-state index < -0.39 is 11.9 Å². The maximum atomic E-state index is 12.1. The first kappa shape index (κ1) is 19.9. The zero-order valence-corrected chi connectivity index (χ0v) is 15.4. The summed E-state index contributed by atoms with van der Waals surface area (Å²) in [6.07, 6.45) is 5.23. The second kappa shape index (κ2) is 8.79. The van der Waals surface area contributed by atoms with Gasteiger partial charge in [-0.3, -0.25) is 9.20 Å². The number of likely N-dealkylation sites (N-methyl/N-ethyl adjacent to an activating group) is 1. The Bertz CT molecular complexity index is 826. The molecule has 9 nitrogen and oxygen atoms in total. The molecule has 11 heteroatoms. The van der Waals surface area contributed by atoms with Gasteiger partial charge in [-0.2, -0.15) is 0 Å². The Hall–Kier alpha value is -2.43. The lowest BCUT2D eigenvalue weighted by Crippen LogP contribution is -2.46. The van der Waals surface area contributed by atoms with Crippen molar-refractivity contribution in [1.82, 2.24) is 19.2 Å². The van der Waals surface area contributed by atoms with Gasteiger partial charge in [0.15, 0.2) is 10.1 Å². The van der Waals surface area contributed by atoms with Crippen LogP contribution in [0.25, 0.3) is 11.0 Å². The number of aliphatic carboxylic acids is 2. The molecule has 2 aromatic heterocycles. The highest BCUT2D eigenvalue weighted by molar-refractivity contribution is 7.15. The van der Waals surface area contributed by atoms with E-state index in [1.165, 1.54) is 11.3 Å². The van der Waals surface area contributed by atoms with Crippen molar-refractivity contribution in [3.8, 4) is 0 Å². The van der Waals surface area contributed by atoms with E-state index in [1.807, 2.05) is 20.9 Å². The van der Waals surface area contributed by atoms with Crippen LogP contribution in [0, 0.1) is 0 Å². The summed E-state index contributed by atoms with van der Waals surface area (Å²) in [4.78, 5) is 39.5. The van der Waals surface area contributed by atoms with E-state index >= 15 is 0 Å². The summed E-state index contributed by atoms with van der Waals surface area (Å²) in [6.45, 7) is 3.38. The van der Waals surface area contributed by atoms with Gasteiger partial charge in [0.05, 0.1) is 5.69 Å². The lowest BCUT2D eigenvalue weighted by Gasteiger charge is -2.31. The number of carboxylic acids is 2. The number of aromatic nitrogens is 2. The van der Waals surface area contributed by atoms with Gasteiger partial charge in [-0.25, -0.2) is 14.6 Å². The molecule has 0 bridgehead atoms. The van der Waals surface area contributed by atoms with Crippen LogP contribution < -0.4 is 0 Å². The van der Waals surface area contributed by atoms with Gasteiger partial charge in [0, 0.05) is 43.8 Å². The summed E-state index contributed by atoms with van der Waals surface area (Å²) in [6, 6.07) is 0. The van der Waals surface area contributed by atoms with E-state index in [2.05, 4.69) is 16.9 Å². The summed E-state index contributed by atoms with van der Waals surface area (Å²) in [7, 11) is 2.07. The summed E-state index contributed by atoms with van der Waals surface area (Å²) >= 11 is 7.61. The molecule has 0 radical (unpaired) electrons. The monoisotopic (exact) mass is 400 g/mol. The summed E-state index contributed by atoms with van der Waals surface area (Å²) < 4.78 is 1.89. The molecule has 2 N–H and O–H groups in total. The average Bonchev–Trinajstić information content (AvgIpc) is 3.14. The number of imidazole rings is 1. The molecule has 26 heavy (non-hydrogen) atoms. The third-order valence-electron chi connectivity index (χ3n) is 3.64. The highest BCUT2D eigenvalue weighted by atomic mass is 35.5. The molecular weight excluding hydrogens is 384 g/mol. The predicted molar refractivity (Wildman–Crippen MR) is 96.5 cm³/mol. The Morgan fingerprint density at radius 1 is 1.19 bits per heavy atom. The topological polar surface area (TPSA) is 115 Å². The largest absolute Gasteiger partial charge is 0.473 e. The third kappa shape index (κ3) is 5.04. The fourth-order valence-electron chi connectivity index (χ4n) is 2.21. The number of carboxylic acid groups (broad SMARTS) is 2. The van der Waals surface area contributed by atoms with Crippen LogP contribution in [0.3, 0.4) is 0 Å². The molecule has 1 saturated heterocycles. The van der Waals surface area contributed by atoms with Gasteiger partial charge >= 0.3 is 11.9 Å². The van der Waals surface area contributed by atoms with Gasteiger partial charge in [0.25, 0.3) is 0 Å². The van der Waals surface area contributed by atoms with Crippen LogP contribution >= 0.6 is 22.9 Å². The third-order valence-corrected chi connectivity index (χ3v) is 4.67. The average molecular weight is 401 g/mol. The van der Waals surface area contributed by atoms with Crippen molar-refractivity contribution in [2.45, 2.75) is 0 Å². The number of halogens is 1. The molecule has 0 saturated carbocycles. The Morgan fingerprint density at radius 2 is 1.81 bits per heavy atom. The van der Waals surface area contributed by atoms with E-state index in [4.69, 9.17) is 31.4 Å². The van der Waals surface area contributed by atoms with Gasteiger partial charge in [-0.05, 0) is 13.1 Å². The molecule has 3 heterocycles. The van der Waals surface area contributed by atoms with Crippen LogP contribution in [0.2, 0.25) is 5.15 Å². The molecule has 1 amide bonds. The van der Waals surface area contributed by atoms with Crippen molar-refractivity contribution in [2.24, 2.45) is 0 Å². The van der Waals surface area contributed by atoms with Crippen LogP contribution in [0.5, 0.6) is 0 Å². The highest BCUT2D eigenvalue weighted by Crippen LogP contribution is 2.22. The molecule has 1 aliphatic heterocycles. The first-order chi connectivity index (χ1) is 12.3. The normalized spacial score (nSPS) is 15.1. The number of hydrogen-bond donors (Lipinski definition) is 2. The summed E-state index contributed by atoms with van der Waals surface area (Å²) in [5.41, 5.74) is 0.755. The van der Waals surface area contributed by atoms with Crippen molar-refractivity contribution in [2.75, 3.05) is 33.2 Å². The first-order valence-electron chi connectivity index (χ1n) is 7.52. The van der Waals surface area contributed by atoms with Crippen molar-refractivity contribution in [3.63, 3.8) is 0 Å². The lowest BCUT2D eigenvalue weighted by molar-refractivity contribution is -0.159. The molecular formula is C15H17ClN4O5S. The van der Waals surface area contributed by atoms with Crippen LogP contribution in [-0.2, 0) is 14.4 Å². The van der Waals surface area contributed by atoms with Crippen molar-refractivity contribution in [1.29, 1.82) is 0 Å². The first-order valence-corrected chi connectivity index (χ1v) is 8.78. The van der Waals surface area contributed by atoms with E-state index in [1.54, 1.807) is 12.2 Å². The van der Waals surface area contributed by atoms with Gasteiger partial charge in [-0.15, -0.1) is 11.3 Å². The number of carbonyl (C=O) groups is 3. The van der Waals surface area contributed by atoms with Gasteiger partial charge in [0.1, 0.15) is 0 Å². The molecule has 0 aliphatic carbocycles. The quantitative estimate of drug-likeness (QED) is 0.570. The zero-order chi connectivity index (χ0) is 19.3. The van der Waals surface area contributed by atoms with E-state index in [0.717, 1.165) is 36.8 Å². The number of rotatable bonds is 2. The lowest BCUT2D eigenvalue weighted by atomic mass is 10.3. The number of fused-ring (bicyclic) bond motifs is 1. The highest BCUT2D eigenvalue weighted by Gasteiger charge is 2.17. The summed E-state index contributed by atoms with van der Waals surface area (Å²) in [5.74, 6) is -3.62. The number of thiazole rings is 1. The fraction of sp³-hybridized carbons (Fsp3) is 0.333. The van der Waals surface area contributed by atoms with Crippen LogP contribution in [0.15, 0.2) is 17.7 Å². The van der Waals surface area contributed by atoms with E-state index in [-0.39, 0.29) is 5.91 Å². The second-order valence-electron chi connectivity index (χ2n) is 5.42. The Kier molecular flexibility index (Phi) is 6.72. The molecule has 2 aromatic rings. The van der Waals surface area contributed by atoms with E-state index in [9.17, 15) is 4.79 Å². The van der Waals surface area contributed by atoms with Gasteiger partial charge in [0.2, 0.25) is 5.91 Å². The van der Waals surface area contributed by atoms with Gasteiger partial charge in [-0.1, -0.05) is 11.6 Å². The second-order valence-corrected chi connectivity index (χ2v) is 6.65. The number of amides is 1. The predicted octanol–water partition coefficient (Wildman–Crippen LogP) is 0.992. The molecule has 1 fully saturated rings. The van der Waals surface area contributed by atoms with Crippen molar-refractivity contribution < 1.29 is 24.6 Å². The minimum absolute atomic E-state index is 0.0272. The molecule has 3 rings (SSSR count). The van der Waals surface area contributed by atoms with Gasteiger partial charge < -0.3 is 20.0 Å². The maximum Gasteiger partial charge on any atom is 0.414 e. The minimum Gasteiger partial charge on any atom is -0.473 e. The Balaban J connectivity index is 0.000000352.